The third-order valence-electron chi connectivity index (χ3n) is 4.56. The van der Waals surface area contributed by atoms with Crippen molar-refractivity contribution in [2.45, 2.75) is 46.6 Å². The molecule has 0 aliphatic heterocycles. The molecule has 2 aromatic rings. The number of anilines is 1. The molecule has 32 heavy (non-hydrogen) atoms. The molecule has 0 saturated carbocycles. The number of rotatable bonds is 8. The van der Waals surface area contributed by atoms with Crippen molar-refractivity contribution in [3.63, 3.8) is 0 Å². The first kappa shape index (κ1) is 25.7. The molecule has 0 heterocycles. The highest BCUT2D eigenvalue weighted by Crippen LogP contribution is 2.23. The van der Waals surface area contributed by atoms with Gasteiger partial charge in [0.15, 0.2) is 0 Å². The molecule has 170 valence electrons. The summed E-state index contributed by atoms with van der Waals surface area (Å²) in [7, 11) is 0. The minimum absolute atomic E-state index is 0.275. The number of thiol groups is 1. The lowest BCUT2D eigenvalue weighted by Gasteiger charge is -2.18. The summed E-state index contributed by atoms with van der Waals surface area (Å²) in [5.74, 6) is 0. The zero-order valence-electron chi connectivity index (χ0n) is 19.3. The number of carbonyl (C=O) groups is 1. The van der Waals surface area contributed by atoms with E-state index in [-0.39, 0.29) is 6.61 Å². The van der Waals surface area contributed by atoms with Crippen molar-refractivity contribution in [3.05, 3.63) is 76.9 Å². The lowest BCUT2D eigenvalue weighted by Crippen LogP contribution is -2.24. The van der Waals surface area contributed by atoms with Gasteiger partial charge >= 0.3 is 6.16 Å². The predicted octanol–water partition coefficient (Wildman–Crippen LogP) is 7.43. The number of thiocarbonyl (C=S) groups is 1. The van der Waals surface area contributed by atoms with Crippen molar-refractivity contribution in [1.29, 1.82) is 0 Å². The molecule has 2 aromatic carbocycles. The Bertz CT molecular complexity index is 1020. The van der Waals surface area contributed by atoms with E-state index in [1.807, 2.05) is 58.0 Å². The molecule has 0 unspecified atom stereocenters. The molecule has 0 aliphatic rings. The summed E-state index contributed by atoms with van der Waals surface area (Å²) < 4.78 is 10.9. The standard InChI is InChI=1S/C26H31NO3S2/c1-17(13-14-29-25(28)30-26(4,5)6)15-22-16-23(12-7-18(22)2)27-19(3)20-8-10-21(11-9-20)24(31)32/h7-12,15-16,27H,3,13-14H2,1-2,4-6H3,(H,31,32)/b17-15+. The molecule has 0 spiro atoms. The maximum Gasteiger partial charge on any atom is 0.508 e. The average Bonchev–Trinajstić information content (AvgIpc) is 2.69. The van der Waals surface area contributed by atoms with Gasteiger partial charge in [-0.25, -0.2) is 4.79 Å². The molecule has 4 nitrogen and oxygen atoms in total. The van der Waals surface area contributed by atoms with Crippen molar-refractivity contribution in [2.75, 3.05) is 11.9 Å². The maximum atomic E-state index is 11.7. The zero-order valence-corrected chi connectivity index (χ0v) is 21.0. The SMILES string of the molecule is C=C(Nc1ccc(C)c(/C=C(\C)CCOC(=O)OC(C)(C)C)c1)c1ccc(C(=S)S)cc1. The highest BCUT2D eigenvalue weighted by molar-refractivity contribution is 8.11. The molecule has 0 saturated heterocycles. The summed E-state index contributed by atoms with van der Waals surface area (Å²) in [5, 5.41) is 3.37. The second kappa shape index (κ2) is 11.3. The van der Waals surface area contributed by atoms with E-state index in [2.05, 4.69) is 49.7 Å². The molecule has 0 aliphatic carbocycles. The van der Waals surface area contributed by atoms with Crippen LogP contribution >= 0.6 is 24.8 Å². The normalized spacial score (nSPS) is 11.6. The molecule has 0 fully saturated rings. The van der Waals surface area contributed by atoms with Crippen LogP contribution in [0.1, 0.15) is 56.4 Å². The Morgan fingerprint density at radius 3 is 2.38 bits per heavy atom. The topological polar surface area (TPSA) is 47.6 Å². The van der Waals surface area contributed by atoms with Gasteiger partial charge in [-0.3, -0.25) is 0 Å². The van der Waals surface area contributed by atoms with Gasteiger partial charge in [-0.05, 0) is 69.0 Å². The van der Waals surface area contributed by atoms with Crippen molar-refractivity contribution in [1.82, 2.24) is 0 Å². The van der Waals surface area contributed by atoms with E-state index in [1.165, 1.54) is 0 Å². The molecular formula is C26H31NO3S2. The summed E-state index contributed by atoms with van der Waals surface area (Å²) in [5.41, 5.74) is 6.42. The highest BCUT2D eigenvalue weighted by atomic mass is 32.1. The summed E-state index contributed by atoms with van der Waals surface area (Å²) >= 11 is 9.29. The van der Waals surface area contributed by atoms with Crippen LogP contribution < -0.4 is 5.32 Å². The van der Waals surface area contributed by atoms with E-state index < -0.39 is 11.8 Å². The second-order valence-electron chi connectivity index (χ2n) is 8.61. The van der Waals surface area contributed by atoms with Gasteiger partial charge in [0.1, 0.15) is 5.60 Å². The Labute approximate surface area is 202 Å². The van der Waals surface area contributed by atoms with Gasteiger partial charge in [0.05, 0.1) is 10.8 Å². The molecule has 0 bridgehead atoms. The Kier molecular flexibility index (Phi) is 9.10. The largest absolute Gasteiger partial charge is 0.508 e. The number of nitrogens with one attached hydrogen (secondary N) is 1. The fraction of sp³-hybridized carbons (Fsp3) is 0.308. The number of hydrogen-bond donors (Lipinski definition) is 2. The van der Waals surface area contributed by atoms with Crippen molar-refractivity contribution < 1.29 is 14.3 Å². The van der Waals surface area contributed by atoms with Crippen molar-refractivity contribution in [2.24, 2.45) is 0 Å². The van der Waals surface area contributed by atoms with Gasteiger partial charge in [-0.2, -0.15) is 0 Å². The molecule has 0 amide bonds. The average molecular weight is 470 g/mol. The van der Waals surface area contributed by atoms with E-state index in [4.69, 9.17) is 21.7 Å². The minimum atomic E-state index is -0.643. The number of hydrogen-bond acceptors (Lipinski definition) is 5. The number of benzene rings is 2. The third-order valence-corrected chi connectivity index (χ3v) is 5.06. The Hall–Kier alpha value is -2.57. The highest BCUT2D eigenvalue weighted by Gasteiger charge is 2.17. The van der Waals surface area contributed by atoms with Gasteiger partial charge in [-0.1, -0.05) is 60.8 Å². The quantitative estimate of drug-likeness (QED) is 0.239. The van der Waals surface area contributed by atoms with E-state index in [9.17, 15) is 4.79 Å². The molecule has 0 radical (unpaired) electrons. The van der Waals surface area contributed by atoms with Crippen molar-refractivity contribution in [3.8, 4) is 0 Å². The van der Waals surface area contributed by atoms with Crippen LogP contribution in [-0.2, 0) is 9.47 Å². The first-order valence-corrected chi connectivity index (χ1v) is 11.2. The van der Waals surface area contributed by atoms with Crippen LogP contribution in [0.4, 0.5) is 10.5 Å². The smallest absolute Gasteiger partial charge is 0.434 e. The van der Waals surface area contributed by atoms with Crippen LogP contribution in [-0.4, -0.2) is 22.6 Å². The monoisotopic (exact) mass is 469 g/mol. The first-order valence-electron chi connectivity index (χ1n) is 10.4. The van der Waals surface area contributed by atoms with Crippen LogP contribution in [0.5, 0.6) is 0 Å². The molecule has 6 heteroatoms. The minimum Gasteiger partial charge on any atom is -0.434 e. The molecule has 1 N–H and O–H groups in total. The predicted molar refractivity (Wildman–Crippen MR) is 141 cm³/mol. The van der Waals surface area contributed by atoms with E-state index in [1.54, 1.807) is 0 Å². The van der Waals surface area contributed by atoms with E-state index >= 15 is 0 Å². The third kappa shape index (κ3) is 8.52. The Balaban J connectivity index is 2.01. The summed E-state index contributed by atoms with van der Waals surface area (Å²) in [4.78, 5) is 11.7. The lowest BCUT2D eigenvalue weighted by atomic mass is 10.0. The molecule has 0 atom stereocenters. The summed E-state index contributed by atoms with van der Waals surface area (Å²) in [6.07, 6.45) is 2.09. The second-order valence-corrected chi connectivity index (χ2v) is 9.77. The zero-order chi connectivity index (χ0) is 23.9. The van der Waals surface area contributed by atoms with Crippen molar-refractivity contribution >= 4 is 52.7 Å². The van der Waals surface area contributed by atoms with E-state index in [0.717, 1.165) is 39.2 Å². The maximum absolute atomic E-state index is 11.7. The lowest BCUT2D eigenvalue weighted by molar-refractivity contribution is -0.00658. The number of aryl methyl sites for hydroxylation is 1. The molecule has 2 rings (SSSR count). The Morgan fingerprint density at radius 1 is 1.16 bits per heavy atom. The summed E-state index contributed by atoms with van der Waals surface area (Å²) in [6, 6.07) is 14.0. The van der Waals surface area contributed by atoms with Crippen LogP contribution in [0.3, 0.4) is 0 Å². The van der Waals surface area contributed by atoms with Gasteiger partial charge in [-0.15, -0.1) is 12.6 Å². The fourth-order valence-electron chi connectivity index (χ4n) is 2.85. The number of carbonyl (C=O) groups excluding carboxylic acids is 1. The van der Waals surface area contributed by atoms with Crippen LogP contribution in [0.2, 0.25) is 0 Å². The fourth-order valence-corrected chi connectivity index (χ4v) is 3.13. The first-order chi connectivity index (χ1) is 14.9. The Morgan fingerprint density at radius 2 is 1.78 bits per heavy atom. The van der Waals surface area contributed by atoms with Crippen LogP contribution in [0, 0.1) is 6.92 Å². The van der Waals surface area contributed by atoms with E-state index in [0.29, 0.717) is 10.6 Å². The number of ether oxygens (including phenoxy) is 2. The van der Waals surface area contributed by atoms with Gasteiger partial charge < -0.3 is 14.8 Å². The molecule has 0 aromatic heterocycles. The van der Waals surface area contributed by atoms with Gasteiger partial charge in [0.25, 0.3) is 0 Å². The summed E-state index contributed by atoms with van der Waals surface area (Å²) in [6.45, 7) is 13.9. The van der Waals surface area contributed by atoms with Crippen LogP contribution in [0.15, 0.2) is 54.6 Å². The van der Waals surface area contributed by atoms with Gasteiger partial charge in [0.2, 0.25) is 0 Å². The van der Waals surface area contributed by atoms with Crippen LogP contribution in [0.25, 0.3) is 11.8 Å². The van der Waals surface area contributed by atoms with Gasteiger partial charge in [0, 0.05) is 17.8 Å². The molecular weight excluding hydrogens is 438 g/mol.